The van der Waals surface area contributed by atoms with Crippen LogP contribution < -0.4 is 5.32 Å². The van der Waals surface area contributed by atoms with Crippen LogP contribution in [0.15, 0.2) is 85.1 Å². The minimum Gasteiger partial charge on any atom is -0.383 e. The quantitative estimate of drug-likeness (QED) is 0.209. The molecule has 1 atom stereocenters. The van der Waals surface area contributed by atoms with Crippen LogP contribution in [0.5, 0.6) is 0 Å². The van der Waals surface area contributed by atoms with Gasteiger partial charge in [-0.2, -0.15) is 0 Å². The van der Waals surface area contributed by atoms with Crippen LogP contribution in [0.25, 0.3) is 10.9 Å². The molecule has 0 spiro atoms. The molecule has 0 aliphatic rings. The maximum Gasteiger partial charge on any atom is 0.273 e. The van der Waals surface area contributed by atoms with E-state index < -0.39 is 5.92 Å². The number of aromatic nitrogens is 1. The monoisotopic (exact) mass is 457 g/mol. The Labute approximate surface area is 198 Å². The highest BCUT2D eigenvalue weighted by atomic mass is 16.6. The third kappa shape index (κ3) is 5.15. The molecule has 0 aliphatic carbocycles. The fourth-order valence-electron chi connectivity index (χ4n) is 4.35. The molecule has 1 aromatic heterocycles. The molecule has 1 N–H and O–H groups in total. The van der Waals surface area contributed by atoms with Crippen LogP contribution in [-0.2, 0) is 16.1 Å². The number of nitro benzene ring substituents is 1. The Morgan fingerprint density at radius 1 is 1.00 bits per heavy atom. The summed E-state index contributed by atoms with van der Waals surface area (Å²) >= 11 is 0. The number of carbonyl (C=O) groups excluding carboxylic acids is 1. The first-order valence-corrected chi connectivity index (χ1v) is 11.2. The van der Waals surface area contributed by atoms with Crippen LogP contribution in [0, 0.1) is 10.1 Å². The number of carbonyl (C=O) groups is 1. The summed E-state index contributed by atoms with van der Waals surface area (Å²) in [5, 5.41) is 15.7. The van der Waals surface area contributed by atoms with Gasteiger partial charge in [-0.3, -0.25) is 14.9 Å². The molecule has 0 radical (unpaired) electrons. The Morgan fingerprint density at radius 3 is 2.47 bits per heavy atom. The molecule has 4 rings (SSSR count). The highest BCUT2D eigenvalue weighted by Crippen LogP contribution is 2.38. The molecular formula is C27H27N3O4. The van der Waals surface area contributed by atoms with E-state index in [9.17, 15) is 14.9 Å². The first-order chi connectivity index (χ1) is 16.6. The van der Waals surface area contributed by atoms with E-state index in [4.69, 9.17) is 4.74 Å². The Hall–Kier alpha value is -3.97. The molecule has 7 nitrogen and oxygen atoms in total. The summed E-state index contributed by atoms with van der Waals surface area (Å²) in [7, 11) is 1.57. The summed E-state index contributed by atoms with van der Waals surface area (Å²) in [5.41, 5.74) is 3.59. The summed E-state index contributed by atoms with van der Waals surface area (Å²) < 4.78 is 7.17. The van der Waals surface area contributed by atoms with Crippen LogP contribution in [0.3, 0.4) is 0 Å². The molecular weight excluding hydrogens is 430 g/mol. The first kappa shape index (κ1) is 23.2. The van der Waals surface area contributed by atoms with Crippen LogP contribution in [-0.4, -0.2) is 35.7 Å². The van der Waals surface area contributed by atoms with Gasteiger partial charge in [0.05, 0.1) is 11.5 Å². The third-order valence-corrected chi connectivity index (χ3v) is 5.92. The van der Waals surface area contributed by atoms with E-state index in [1.54, 1.807) is 25.3 Å². The van der Waals surface area contributed by atoms with Gasteiger partial charge in [0.25, 0.3) is 5.69 Å². The SMILES string of the molecule is COCCNC(=O)CC(c1ccccc1[N+](=O)[O-])c1cn(Cc2ccccc2)c2ccccc12. The number of fused-ring (bicyclic) bond motifs is 1. The first-order valence-electron chi connectivity index (χ1n) is 11.2. The van der Waals surface area contributed by atoms with Crippen molar-refractivity contribution in [3.8, 4) is 0 Å². The lowest BCUT2D eigenvalue weighted by Gasteiger charge is -2.17. The molecule has 4 aromatic rings. The van der Waals surface area contributed by atoms with E-state index in [1.807, 2.05) is 48.7 Å². The zero-order chi connectivity index (χ0) is 23.9. The van der Waals surface area contributed by atoms with Crippen molar-refractivity contribution in [2.45, 2.75) is 18.9 Å². The summed E-state index contributed by atoms with van der Waals surface area (Å²) in [6, 6.07) is 24.8. The van der Waals surface area contributed by atoms with E-state index in [0.717, 1.165) is 22.0 Å². The topological polar surface area (TPSA) is 86.4 Å². The number of nitrogens with one attached hydrogen (secondary N) is 1. The normalized spacial score (nSPS) is 11.9. The van der Waals surface area contributed by atoms with Crippen LogP contribution >= 0.6 is 0 Å². The van der Waals surface area contributed by atoms with Gasteiger partial charge in [0, 0.05) is 61.3 Å². The number of ether oxygens (including phenoxy) is 1. The summed E-state index contributed by atoms with van der Waals surface area (Å²) in [6.07, 6.45) is 2.12. The van der Waals surface area contributed by atoms with Crippen LogP contribution in [0.4, 0.5) is 5.69 Å². The van der Waals surface area contributed by atoms with Gasteiger partial charge >= 0.3 is 0 Å². The van der Waals surface area contributed by atoms with Crippen molar-refractivity contribution in [2.75, 3.05) is 20.3 Å². The predicted octanol–water partition coefficient (Wildman–Crippen LogP) is 4.88. The number of amides is 1. The number of nitro groups is 1. The number of rotatable bonds is 10. The number of hydrogen-bond donors (Lipinski definition) is 1. The summed E-state index contributed by atoms with van der Waals surface area (Å²) in [6.45, 7) is 1.44. The van der Waals surface area contributed by atoms with E-state index in [-0.39, 0.29) is 22.9 Å². The van der Waals surface area contributed by atoms with E-state index in [2.05, 4.69) is 22.0 Å². The Morgan fingerprint density at radius 2 is 1.71 bits per heavy atom. The Kier molecular flexibility index (Phi) is 7.34. The average Bonchev–Trinajstić information content (AvgIpc) is 3.21. The van der Waals surface area contributed by atoms with Crippen molar-refractivity contribution in [2.24, 2.45) is 0 Å². The number of benzene rings is 3. The van der Waals surface area contributed by atoms with Gasteiger partial charge < -0.3 is 14.6 Å². The number of nitrogens with zero attached hydrogens (tertiary/aromatic N) is 2. The second kappa shape index (κ2) is 10.8. The van der Waals surface area contributed by atoms with E-state index >= 15 is 0 Å². The van der Waals surface area contributed by atoms with Crippen LogP contribution in [0.2, 0.25) is 0 Å². The number of hydrogen-bond acceptors (Lipinski definition) is 4. The molecule has 174 valence electrons. The van der Waals surface area contributed by atoms with Gasteiger partial charge in [-0.05, 0) is 17.2 Å². The van der Waals surface area contributed by atoms with E-state index in [1.165, 1.54) is 6.07 Å². The fourth-order valence-corrected chi connectivity index (χ4v) is 4.35. The van der Waals surface area contributed by atoms with Gasteiger partial charge in [-0.15, -0.1) is 0 Å². The average molecular weight is 458 g/mol. The maximum atomic E-state index is 12.8. The molecule has 0 aliphatic heterocycles. The fraction of sp³-hybridized carbons (Fsp3) is 0.222. The van der Waals surface area contributed by atoms with Crippen molar-refractivity contribution >= 4 is 22.5 Å². The molecule has 0 fully saturated rings. The lowest BCUT2D eigenvalue weighted by Crippen LogP contribution is -2.28. The van der Waals surface area contributed by atoms with Gasteiger partial charge in [0.2, 0.25) is 5.91 Å². The van der Waals surface area contributed by atoms with Crippen LogP contribution in [0.1, 0.15) is 29.0 Å². The smallest absolute Gasteiger partial charge is 0.273 e. The van der Waals surface area contributed by atoms with Gasteiger partial charge in [0.1, 0.15) is 0 Å². The van der Waals surface area contributed by atoms with Crippen molar-refractivity contribution in [1.29, 1.82) is 0 Å². The second-order valence-electron chi connectivity index (χ2n) is 8.13. The third-order valence-electron chi connectivity index (χ3n) is 5.92. The van der Waals surface area contributed by atoms with E-state index in [0.29, 0.717) is 25.3 Å². The second-order valence-corrected chi connectivity index (χ2v) is 8.13. The zero-order valence-corrected chi connectivity index (χ0v) is 19.0. The summed E-state index contributed by atoms with van der Waals surface area (Å²) in [5.74, 6) is -0.661. The van der Waals surface area contributed by atoms with Crippen molar-refractivity contribution in [3.05, 3.63) is 112 Å². The molecule has 34 heavy (non-hydrogen) atoms. The largest absolute Gasteiger partial charge is 0.383 e. The Bertz CT molecular complexity index is 1280. The standard InChI is InChI=1S/C27H27N3O4/c1-34-16-15-28-27(31)17-23(21-11-6-8-14-26(21)30(32)33)24-19-29(18-20-9-3-2-4-10-20)25-13-7-5-12-22(24)25/h2-14,19,23H,15-18H2,1H3,(H,28,31). The van der Waals surface area contributed by atoms with Crippen molar-refractivity contribution < 1.29 is 14.5 Å². The van der Waals surface area contributed by atoms with Gasteiger partial charge in [0.15, 0.2) is 0 Å². The maximum absolute atomic E-state index is 12.8. The molecule has 1 amide bonds. The van der Waals surface area contributed by atoms with Gasteiger partial charge in [-0.25, -0.2) is 0 Å². The molecule has 7 heteroatoms. The summed E-state index contributed by atoms with van der Waals surface area (Å²) in [4.78, 5) is 24.3. The molecule has 1 heterocycles. The zero-order valence-electron chi connectivity index (χ0n) is 19.0. The molecule has 3 aromatic carbocycles. The molecule has 0 saturated carbocycles. The highest BCUT2D eigenvalue weighted by Gasteiger charge is 2.28. The number of methoxy groups -OCH3 is 1. The lowest BCUT2D eigenvalue weighted by atomic mass is 9.87. The Balaban J connectivity index is 1.80. The molecule has 0 bridgehead atoms. The highest BCUT2D eigenvalue weighted by molar-refractivity contribution is 5.87. The lowest BCUT2D eigenvalue weighted by molar-refractivity contribution is -0.385. The van der Waals surface area contributed by atoms with Crippen molar-refractivity contribution in [1.82, 2.24) is 9.88 Å². The van der Waals surface area contributed by atoms with Crippen molar-refractivity contribution in [3.63, 3.8) is 0 Å². The predicted molar refractivity (Wildman–Crippen MR) is 132 cm³/mol. The number of para-hydroxylation sites is 2. The molecule has 0 saturated heterocycles. The minimum absolute atomic E-state index is 0.0112. The minimum atomic E-state index is -0.480. The van der Waals surface area contributed by atoms with Gasteiger partial charge in [-0.1, -0.05) is 66.7 Å². The molecule has 1 unspecified atom stereocenters.